The van der Waals surface area contributed by atoms with Gasteiger partial charge in [0.2, 0.25) is 0 Å². The van der Waals surface area contributed by atoms with Crippen molar-refractivity contribution in [2.24, 2.45) is 0 Å². The first-order valence-electron chi connectivity index (χ1n) is 6.25. The normalized spacial score (nSPS) is 31.9. The van der Waals surface area contributed by atoms with E-state index in [0.29, 0.717) is 4.48 Å². The minimum Gasteiger partial charge on any atom is -0.496 e. The van der Waals surface area contributed by atoms with Crippen LogP contribution in [0, 0.1) is 6.92 Å². The first kappa shape index (κ1) is 14.3. The lowest BCUT2D eigenvalue weighted by atomic mass is 9.86. The molecule has 0 unspecified atom stereocenters. The van der Waals surface area contributed by atoms with Gasteiger partial charge in [0, 0.05) is 8.96 Å². The fourth-order valence-corrected chi connectivity index (χ4v) is 3.91. The Bertz CT molecular complexity index is 624. The molecular weight excluding hydrogens is 388 g/mol. The second-order valence-corrected chi connectivity index (χ2v) is 6.62. The van der Waals surface area contributed by atoms with Crippen LogP contribution >= 0.6 is 31.9 Å². The lowest BCUT2D eigenvalue weighted by Gasteiger charge is -2.38. The van der Waals surface area contributed by atoms with Gasteiger partial charge in [-0.2, -0.15) is 0 Å². The van der Waals surface area contributed by atoms with Crippen molar-refractivity contribution >= 4 is 31.9 Å². The van der Waals surface area contributed by atoms with E-state index in [1.807, 2.05) is 37.3 Å². The second kappa shape index (κ2) is 4.98. The predicted octanol–water partition coefficient (Wildman–Crippen LogP) is 3.53. The highest BCUT2D eigenvalue weighted by molar-refractivity contribution is 9.14. The summed E-state index contributed by atoms with van der Waals surface area (Å²) in [7, 11) is 1.64. The molecule has 1 aromatic carbocycles. The molecule has 0 radical (unpaired) electrons. The highest BCUT2D eigenvalue weighted by Gasteiger charge is 2.49. The van der Waals surface area contributed by atoms with Gasteiger partial charge < -0.3 is 14.6 Å². The maximum absolute atomic E-state index is 11.2. The van der Waals surface area contributed by atoms with Crippen LogP contribution < -0.4 is 4.74 Å². The Kier molecular flexibility index (Phi) is 3.57. The Balaban J connectivity index is 2.14. The average Bonchev–Trinajstić information content (AvgIpc) is 2.91. The van der Waals surface area contributed by atoms with Crippen LogP contribution in [0.3, 0.4) is 0 Å². The van der Waals surface area contributed by atoms with Gasteiger partial charge in [0.1, 0.15) is 18.0 Å². The van der Waals surface area contributed by atoms with Gasteiger partial charge in [-0.1, -0.05) is 50.1 Å². The van der Waals surface area contributed by atoms with E-state index in [-0.39, 0.29) is 6.10 Å². The largest absolute Gasteiger partial charge is 0.496 e. The third-order valence-electron chi connectivity index (χ3n) is 3.79. The monoisotopic (exact) mass is 400 g/mol. The summed E-state index contributed by atoms with van der Waals surface area (Å²) in [6, 6.07) is 5.65. The van der Waals surface area contributed by atoms with Crippen molar-refractivity contribution < 1.29 is 14.6 Å². The maximum atomic E-state index is 11.2. The molecule has 0 saturated heterocycles. The van der Waals surface area contributed by atoms with Gasteiger partial charge in [0.25, 0.3) is 0 Å². The molecule has 0 aromatic heterocycles. The Hall–Kier alpha value is -0.620. The number of hydrogen-bond donors (Lipinski definition) is 1. The molecule has 0 spiro atoms. The van der Waals surface area contributed by atoms with Crippen molar-refractivity contribution in [3.05, 3.63) is 50.4 Å². The molecular formula is C15H14Br2O3. The van der Waals surface area contributed by atoms with Gasteiger partial charge in [-0.3, -0.25) is 0 Å². The molecule has 1 N–H and O–H groups in total. The first-order valence-corrected chi connectivity index (χ1v) is 7.84. The van der Waals surface area contributed by atoms with E-state index < -0.39 is 11.7 Å². The third-order valence-corrected chi connectivity index (χ3v) is 6.21. The Morgan fingerprint density at radius 3 is 2.70 bits per heavy atom. The molecule has 106 valence electrons. The number of rotatable bonds is 2. The molecule has 2 aliphatic heterocycles. The number of hydrogen-bond acceptors (Lipinski definition) is 3. The molecule has 20 heavy (non-hydrogen) atoms. The number of ether oxygens (including phenoxy) is 2. The van der Waals surface area contributed by atoms with Gasteiger partial charge in [-0.25, -0.2) is 0 Å². The van der Waals surface area contributed by atoms with E-state index >= 15 is 0 Å². The molecule has 3 atom stereocenters. The summed E-state index contributed by atoms with van der Waals surface area (Å²) in [6.07, 6.45) is 3.34. The summed E-state index contributed by atoms with van der Waals surface area (Å²) in [5.74, 6) is 0.799. The minimum atomic E-state index is -1.22. The second-order valence-electron chi connectivity index (χ2n) is 4.97. The SMILES string of the molecule is COc1ccc([C@@]2(O)C(Br)=C(Br)[C@H]3C=C[C@@H]2O3)cc1C. The van der Waals surface area contributed by atoms with E-state index in [1.54, 1.807) is 7.11 Å². The van der Waals surface area contributed by atoms with E-state index in [2.05, 4.69) is 31.9 Å². The quantitative estimate of drug-likeness (QED) is 0.770. The molecule has 0 amide bonds. The standard InChI is InChI=1S/C15H14Br2O3/c1-8-7-9(3-4-10(8)19-2)15(18)12-6-5-11(20-12)13(16)14(15)17/h3-7,11-12,18H,1-2H3/t11-,12+,15+/m1/s1. The highest BCUT2D eigenvalue weighted by atomic mass is 79.9. The molecule has 2 bridgehead atoms. The predicted molar refractivity (Wildman–Crippen MR) is 84.3 cm³/mol. The first-order chi connectivity index (χ1) is 9.48. The Labute approximate surface area is 134 Å². The van der Waals surface area contributed by atoms with Crippen LogP contribution in [0.5, 0.6) is 5.75 Å². The van der Waals surface area contributed by atoms with Crippen molar-refractivity contribution in [1.82, 2.24) is 0 Å². The molecule has 0 fully saturated rings. The number of fused-ring (bicyclic) bond motifs is 2. The fraction of sp³-hybridized carbons (Fsp3) is 0.333. The van der Waals surface area contributed by atoms with Crippen molar-refractivity contribution in [2.45, 2.75) is 24.7 Å². The Morgan fingerprint density at radius 1 is 1.30 bits per heavy atom. The van der Waals surface area contributed by atoms with Gasteiger partial charge in [0.15, 0.2) is 5.60 Å². The van der Waals surface area contributed by atoms with Crippen molar-refractivity contribution in [1.29, 1.82) is 0 Å². The molecule has 0 aliphatic carbocycles. The van der Waals surface area contributed by atoms with Gasteiger partial charge in [-0.05, 0) is 30.2 Å². The minimum absolute atomic E-state index is 0.117. The summed E-state index contributed by atoms with van der Waals surface area (Å²) in [6.45, 7) is 1.95. The van der Waals surface area contributed by atoms with E-state index in [9.17, 15) is 5.11 Å². The van der Waals surface area contributed by atoms with E-state index in [4.69, 9.17) is 9.47 Å². The van der Waals surface area contributed by atoms with E-state index in [1.165, 1.54) is 0 Å². The van der Waals surface area contributed by atoms with Crippen LogP contribution in [0.2, 0.25) is 0 Å². The zero-order chi connectivity index (χ0) is 14.5. The van der Waals surface area contributed by atoms with Crippen LogP contribution in [0.25, 0.3) is 0 Å². The van der Waals surface area contributed by atoms with Gasteiger partial charge >= 0.3 is 0 Å². The lowest BCUT2D eigenvalue weighted by Crippen LogP contribution is -2.43. The van der Waals surface area contributed by atoms with E-state index in [0.717, 1.165) is 21.4 Å². The van der Waals surface area contributed by atoms with Crippen LogP contribution in [0.4, 0.5) is 0 Å². The molecule has 1 aromatic rings. The van der Waals surface area contributed by atoms with Gasteiger partial charge in [0.05, 0.1) is 7.11 Å². The summed E-state index contributed by atoms with van der Waals surface area (Å²) in [4.78, 5) is 0. The van der Waals surface area contributed by atoms with Crippen molar-refractivity contribution in [2.75, 3.05) is 7.11 Å². The van der Waals surface area contributed by atoms with Crippen molar-refractivity contribution in [3.63, 3.8) is 0 Å². The average molecular weight is 402 g/mol. The summed E-state index contributed by atoms with van der Waals surface area (Å²) in [5.41, 5.74) is 0.521. The summed E-state index contributed by atoms with van der Waals surface area (Å²) >= 11 is 7.02. The van der Waals surface area contributed by atoms with Gasteiger partial charge in [-0.15, -0.1) is 0 Å². The molecule has 5 heteroatoms. The number of methoxy groups -OCH3 is 1. The smallest absolute Gasteiger partial charge is 0.152 e. The van der Waals surface area contributed by atoms with Crippen molar-refractivity contribution in [3.8, 4) is 5.75 Å². The van der Waals surface area contributed by atoms with Crippen LogP contribution in [-0.2, 0) is 10.3 Å². The zero-order valence-electron chi connectivity index (χ0n) is 11.1. The molecule has 2 heterocycles. The summed E-state index contributed by atoms with van der Waals surface area (Å²) in [5, 5.41) is 11.2. The highest BCUT2D eigenvalue weighted by Crippen LogP contribution is 2.50. The molecule has 2 aliphatic rings. The fourth-order valence-electron chi connectivity index (χ4n) is 2.67. The number of aliphatic hydroxyl groups is 1. The Morgan fingerprint density at radius 2 is 2.05 bits per heavy atom. The summed E-state index contributed by atoms with van der Waals surface area (Å²) < 4.78 is 12.6. The van der Waals surface area contributed by atoms with Crippen LogP contribution in [-0.4, -0.2) is 24.4 Å². The number of benzene rings is 1. The lowest BCUT2D eigenvalue weighted by molar-refractivity contribution is -0.0729. The molecule has 3 rings (SSSR count). The maximum Gasteiger partial charge on any atom is 0.152 e. The topological polar surface area (TPSA) is 38.7 Å². The molecule has 0 saturated carbocycles. The number of aryl methyl sites for hydroxylation is 1. The number of halogens is 2. The van der Waals surface area contributed by atoms with Crippen LogP contribution in [0.15, 0.2) is 39.3 Å². The zero-order valence-corrected chi connectivity index (χ0v) is 14.2. The molecule has 3 nitrogen and oxygen atoms in total. The third kappa shape index (κ3) is 1.91. The van der Waals surface area contributed by atoms with Crippen LogP contribution in [0.1, 0.15) is 11.1 Å².